The van der Waals surface area contributed by atoms with Gasteiger partial charge in [-0.25, -0.2) is 9.69 Å². The molecule has 1 heterocycles. The maximum absolute atomic E-state index is 13.4. The smallest absolute Gasteiger partial charge is 0.416 e. The van der Waals surface area contributed by atoms with Crippen LogP contribution < -0.4 is 0 Å². The fraction of sp³-hybridized carbons (Fsp3) is 0.609. The lowest BCUT2D eigenvalue weighted by Crippen LogP contribution is -2.46. The molecule has 3 rings (SSSR count). The minimum Gasteiger partial charge on any atom is -0.460 e. The molecule has 2 fully saturated rings. The van der Waals surface area contributed by atoms with Crippen molar-refractivity contribution in [1.29, 1.82) is 0 Å². The van der Waals surface area contributed by atoms with Crippen molar-refractivity contribution in [3.63, 3.8) is 0 Å². The van der Waals surface area contributed by atoms with Crippen LogP contribution in [0, 0.1) is 11.8 Å². The molecule has 29 heavy (non-hydrogen) atoms. The highest BCUT2D eigenvalue weighted by Gasteiger charge is 2.44. The monoisotopic (exact) mass is 401 g/mol. The first-order valence-electron chi connectivity index (χ1n) is 10.5. The molecule has 2 aliphatic rings. The second kappa shape index (κ2) is 8.97. The Kier molecular flexibility index (Phi) is 6.60. The fourth-order valence-electron chi connectivity index (χ4n) is 4.01. The summed E-state index contributed by atoms with van der Waals surface area (Å²) in [5, 5.41) is 0. The van der Waals surface area contributed by atoms with Crippen molar-refractivity contribution >= 4 is 18.0 Å². The number of benzene rings is 1. The molecular formula is C23H31NO5. The third-order valence-corrected chi connectivity index (χ3v) is 5.63. The molecule has 1 aliphatic carbocycles. The average Bonchev–Trinajstić information content (AvgIpc) is 2.96. The summed E-state index contributed by atoms with van der Waals surface area (Å²) in [6.07, 6.45) is 3.57. The van der Waals surface area contributed by atoms with E-state index in [1.807, 2.05) is 51.1 Å². The van der Waals surface area contributed by atoms with Crippen molar-refractivity contribution in [2.45, 2.75) is 70.9 Å². The van der Waals surface area contributed by atoms with E-state index in [9.17, 15) is 14.4 Å². The molecule has 6 heteroatoms. The number of rotatable bonds is 7. The predicted molar refractivity (Wildman–Crippen MR) is 108 cm³/mol. The van der Waals surface area contributed by atoms with Crippen LogP contribution in [0.2, 0.25) is 0 Å². The van der Waals surface area contributed by atoms with Crippen molar-refractivity contribution in [3.8, 4) is 0 Å². The van der Waals surface area contributed by atoms with Gasteiger partial charge in [-0.2, -0.15) is 0 Å². The zero-order valence-corrected chi connectivity index (χ0v) is 17.6. The fourth-order valence-corrected chi connectivity index (χ4v) is 4.01. The van der Waals surface area contributed by atoms with E-state index in [-0.39, 0.29) is 42.8 Å². The molecule has 0 radical (unpaired) electrons. The number of nitrogens with zero attached hydrogens (tertiary/aromatic N) is 1. The summed E-state index contributed by atoms with van der Waals surface area (Å²) in [5.74, 6) is -0.642. The molecule has 2 amide bonds. The lowest BCUT2D eigenvalue weighted by molar-refractivity contribution is -0.155. The number of cyclic esters (lactones) is 1. The van der Waals surface area contributed by atoms with Crippen molar-refractivity contribution in [3.05, 3.63) is 35.9 Å². The summed E-state index contributed by atoms with van der Waals surface area (Å²) in [7, 11) is 0. The Hall–Kier alpha value is -2.37. The topological polar surface area (TPSA) is 72.9 Å². The number of esters is 1. The van der Waals surface area contributed by atoms with Crippen LogP contribution >= 0.6 is 0 Å². The molecule has 1 aliphatic heterocycles. The van der Waals surface area contributed by atoms with Gasteiger partial charge in [-0.3, -0.25) is 9.59 Å². The number of hydrogen-bond donors (Lipinski definition) is 0. The molecule has 0 spiro atoms. The Balaban J connectivity index is 1.68. The Labute approximate surface area is 172 Å². The maximum atomic E-state index is 13.4. The van der Waals surface area contributed by atoms with Crippen LogP contribution in [0.5, 0.6) is 0 Å². The molecule has 2 atom stereocenters. The van der Waals surface area contributed by atoms with Gasteiger partial charge in [0.1, 0.15) is 12.2 Å². The van der Waals surface area contributed by atoms with E-state index in [1.165, 1.54) is 4.90 Å². The van der Waals surface area contributed by atoms with Crippen molar-refractivity contribution in [2.75, 3.05) is 6.61 Å². The van der Waals surface area contributed by atoms with E-state index < -0.39 is 11.7 Å². The van der Waals surface area contributed by atoms with Crippen LogP contribution in [-0.4, -0.2) is 41.1 Å². The number of ether oxygens (including phenoxy) is 2. The second-order valence-corrected chi connectivity index (χ2v) is 9.05. The van der Waals surface area contributed by atoms with E-state index in [0.717, 1.165) is 24.8 Å². The van der Waals surface area contributed by atoms with Gasteiger partial charge in [0.25, 0.3) is 0 Å². The highest BCUT2D eigenvalue weighted by molar-refractivity contribution is 5.95. The largest absolute Gasteiger partial charge is 0.460 e. The lowest BCUT2D eigenvalue weighted by atomic mass is 9.73. The third kappa shape index (κ3) is 5.58. The Morgan fingerprint density at radius 3 is 2.48 bits per heavy atom. The predicted octanol–water partition coefficient (Wildman–Crippen LogP) is 4.11. The number of carbonyl (C=O) groups excluding carboxylic acids is 3. The molecule has 1 saturated heterocycles. The standard InChI is InChI=1S/C23H31NO5/c1-23(2,3)29-20(25)13-12-19(17-10-7-11-17)21(26)24-18(15-28-22(24)27)14-16-8-5-4-6-9-16/h4-6,8-9,17-19H,7,10-15H2,1-3H3/t18-,19-/m1/s1. The van der Waals surface area contributed by atoms with E-state index in [0.29, 0.717) is 12.8 Å². The normalized spacial score (nSPS) is 20.7. The lowest BCUT2D eigenvalue weighted by Gasteiger charge is -2.35. The first-order chi connectivity index (χ1) is 13.7. The summed E-state index contributed by atoms with van der Waals surface area (Å²) in [5.41, 5.74) is 0.509. The molecule has 1 saturated carbocycles. The SMILES string of the molecule is CC(C)(C)OC(=O)CC[C@@H](C(=O)N1C(=O)OC[C@H]1Cc1ccccc1)C1CCC1. The van der Waals surface area contributed by atoms with Gasteiger partial charge in [0, 0.05) is 12.3 Å². The Bertz CT molecular complexity index is 735. The van der Waals surface area contributed by atoms with Gasteiger partial charge in [-0.05, 0) is 57.9 Å². The van der Waals surface area contributed by atoms with E-state index in [4.69, 9.17) is 9.47 Å². The zero-order valence-electron chi connectivity index (χ0n) is 17.6. The third-order valence-electron chi connectivity index (χ3n) is 5.63. The van der Waals surface area contributed by atoms with Crippen molar-refractivity contribution in [2.24, 2.45) is 11.8 Å². The minimum atomic E-state index is -0.572. The Morgan fingerprint density at radius 1 is 1.21 bits per heavy atom. The van der Waals surface area contributed by atoms with Crippen LogP contribution in [0.15, 0.2) is 30.3 Å². The quantitative estimate of drug-likeness (QED) is 0.643. The molecule has 0 aromatic heterocycles. The number of amides is 2. The van der Waals surface area contributed by atoms with Gasteiger partial charge >= 0.3 is 12.1 Å². The molecular weight excluding hydrogens is 370 g/mol. The number of hydrogen-bond acceptors (Lipinski definition) is 5. The number of imide groups is 1. The van der Waals surface area contributed by atoms with Crippen molar-refractivity contribution in [1.82, 2.24) is 4.90 Å². The number of carbonyl (C=O) groups is 3. The summed E-state index contributed by atoms with van der Waals surface area (Å²) in [4.78, 5) is 39.2. The first kappa shape index (κ1) is 21.3. The van der Waals surface area contributed by atoms with Crippen molar-refractivity contribution < 1.29 is 23.9 Å². The van der Waals surface area contributed by atoms with E-state index in [1.54, 1.807) is 0 Å². The first-order valence-corrected chi connectivity index (χ1v) is 10.5. The molecule has 0 bridgehead atoms. The van der Waals surface area contributed by atoms with Gasteiger partial charge in [0.05, 0.1) is 6.04 Å². The van der Waals surface area contributed by atoms with Crippen LogP contribution in [0.25, 0.3) is 0 Å². The van der Waals surface area contributed by atoms with Gasteiger partial charge in [0.15, 0.2) is 0 Å². The second-order valence-electron chi connectivity index (χ2n) is 9.05. The van der Waals surface area contributed by atoms with Crippen LogP contribution in [-0.2, 0) is 25.5 Å². The Morgan fingerprint density at radius 2 is 1.90 bits per heavy atom. The minimum absolute atomic E-state index is 0.177. The van der Waals surface area contributed by atoms with E-state index >= 15 is 0 Å². The van der Waals surface area contributed by atoms with Crippen LogP contribution in [0.3, 0.4) is 0 Å². The van der Waals surface area contributed by atoms with Crippen LogP contribution in [0.4, 0.5) is 4.79 Å². The van der Waals surface area contributed by atoms with E-state index in [2.05, 4.69) is 0 Å². The summed E-state index contributed by atoms with van der Waals surface area (Å²) in [6, 6.07) is 9.48. The van der Waals surface area contributed by atoms with Crippen LogP contribution in [0.1, 0.15) is 58.4 Å². The highest BCUT2D eigenvalue weighted by atomic mass is 16.6. The molecule has 0 unspecified atom stereocenters. The summed E-state index contributed by atoms with van der Waals surface area (Å²) < 4.78 is 10.6. The molecule has 0 N–H and O–H groups in total. The molecule has 158 valence electrons. The van der Waals surface area contributed by atoms with Gasteiger partial charge in [-0.15, -0.1) is 0 Å². The molecule has 6 nitrogen and oxygen atoms in total. The zero-order chi connectivity index (χ0) is 21.0. The molecule has 1 aromatic rings. The highest BCUT2D eigenvalue weighted by Crippen LogP contribution is 2.38. The summed E-state index contributed by atoms with van der Waals surface area (Å²) in [6.45, 7) is 5.69. The average molecular weight is 402 g/mol. The van der Waals surface area contributed by atoms with Gasteiger partial charge < -0.3 is 9.47 Å². The van der Waals surface area contributed by atoms with Gasteiger partial charge in [-0.1, -0.05) is 36.8 Å². The maximum Gasteiger partial charge on any atom is 0.416 e. The summed E-state index contributed by atoms with van der Waals surface area (Å²) >= 11 is 0. The van der Waals surface area contributed by atoms with Gasteiger partial charge in [0.2, 0.25) is 5.91 Å². The molecule has 1 aromatic carbocycles.